The van der Waals surface area contributed by atoms with Crippen LogP contribution in [0.4, 0.5) is 17.5 Å². The lowest BCUT2D eigenvalue weighted by Crippen LogP contribution is -2.52. The van der Waals surface area contributed by atoms with Gasteiger partial charge in [-0.15, -0.1) is 36.8 Å². The predicted octanol–water partition coefficient (Wildman–Crippen LogP) is 11.4. The van der Waals surface area contributed by atoms with Crippen LogP contribution in [0.3, 0.4) is 0 Å². The normalized spacial score (nSPS) is 13.1. The number of thiophene rings is 1. The zero-order valence-corrected chi connectivity index (χ0v) is 62.2. The molecule has 8 heterocycles. The second kappa shape index (κ2) is 32.3. The third-order valence-electron chi connectivity index (χ3n) is 17.8. The Kier molecular flexibility index (Phi) is 23.9. The van der Waals surface area contributed by atoms with Gasteiger partial charge in [-0.1, -0.05) is 48.4 Å². The number of sulfone groups is 3. The first-order valence-electron chi connectivity index (χ1n) is 33.2. The molecule has 11 aromatic rings. The predicted molar refractivity (Wildman–Crippen MR) is 405 cm³/mol. The summed E-state index contributed by atoms with van der Waals surface area (Å²) in [5, 5.41) is 46.3. The van der Waals surface area contributed by atoms with Crippen molar-refractivity contribution in [3.8, 4) is 90.7 Å². The van der Waals surface area contributed by atoms with Crippen molar-refractivity contribution < 1.29 is 55.9 Å². The number of hydrogen-bond donors (Lipinski definition) is 5. The fourth-order valence-corrected chi connectivity index (χ4v) is 14.9. The number of piperidine rings is 1. The number of nitrogens with two attached hydrogens (primary N) is 2. The lowest BCUT2D eigenvalue weighted by Gasteiger charge is -2.40. The molecule has 0 amide bonds. The van der Waals surface area contributed by atoms with E-state index < -0.39 is 50.8 Å². The number of likely N-dealkylation sites (N-methyl/N-ethyl adjacent to an activating group) is 1. The van der Waals surface area contributed by atoms with Gasteiger partial charge < -0.3 is 50.0 Å². The van der Waals surface area contributed by atoms with Crippen molar-refractivity contribution in [1.82, 2.24) is 65.8 Å². The molecule has 12 rings (SSSR count). The number of anilines is 3. The maximum Gasteiger partial charge on any atom is 0.318 e. The third-order valence-corrected chi connectivity index (χ3v) is 25.4. The molecular weight excluding hydrogens is 1400 g/mol. The Morgan fingerprint density at radius 2 is 0.981 bits per heavy atom. The summed E-state index contributed by atoms with van der Waals surface area (Å²) in [6, 6.07) is 31.5. The summed E-state index contributed by atoms with van der Waals surface area (Å²) >= 11 is 1.58. The van der Waals surface area contributed by atoms with Crippen LogP contribution in [0.15, 0.2) is 156 Å². The van der Waals surface area contributed by atoms with Crippen LogP contribution in [0.1, 0.15) is 91.1 Å². The number of aliphatic hydroxyl groups excluding tert-OH is 2. The van der Waals surface area contributed by atoms with Crippen molar-refractivity contribution in [2.45, 2.75) is 124 Å². The first kappa shape index (κ1) is 76.0. The maximum absolute atomic E-state index is 12.4. The molecule has 1 aliphatic heterocycles. The first-order chi connectivity index (χ1) is 49.1. The van der Waals surface area contributed by atoms with Gasteiger partial charge in [0.05, 0.1) is 101 Å². The highest BCUT2D eigenvalue weighted by Gasteiger charge is 2.33. The molecule has 0 aliphatic carbocycles. The van der Waals surface area contributed by atoms with E-state index in [-0.39, 0.29) is 64.2 Å². The van der Waals surface area contributed by atoms with E-state index in [4.69, 9.17) is 24.7 Å². The minimum atomic E-state index is -3.39. The van der Waals surface area contributed by atoms with Gasteiger partial charge in [0.15, 0.2) is 41.0 Å². The molecule has 1 saturated heterocycles. The van der Waals surface area contributed by atoms with E-state index in [1.807, 2.05) is 64.0 Å². The minimum Gasteiger partial charge on any atom is -0.414 e. The molecule has 4 aromatic carbocycles. The lowest BCUT2D eigenvalue weighted by atomic mass is 9.95. The Balaban J connectivity index is 0.000000286. The summed E-state index contributed by atoms with van der Waals surface area (Å²) in [7, 11) is -6.33. The quantitative estimate of drug-likeness (QED) is 0.0397. The van der Waals surface area contributed by atoms with Crippen LogP contribution < -0.4 is 26.6 Å². The summed E-state index contributed by atoms with van der Waals surface area (Å²) in [5.41, 5.74) is 18.9. The average molecular weight is 1490 g/mol. The molecule has 0 spiro atoms. The van der Waals surface area contributed by atoms with Gasteiger partial charge in [0, 0.05) is 66.6 Å². The smallest absolute Gasteiger partial charge is 0.318 e. The van der Waals surface area contributed by atoms with Crippen LogP contribution >= 0.6 is 11.3 Å². The molecule has 0 atom stereocenters. The van der Waals surface area contributed by atoms with E-state index in [9.17, 15) is 35.5 Å². The molecule has 0 saturated carbocycles. The largest absolute Gasteiger partial charge is 0.414 e. The Labute approximate surface area is 609 Å². The SMILES string of the molecule is CCC(CO)(CO)N(C)c1ccc(-c2nnc(-c3nc(-c4ccc(S(=O)(=O)C(C)C)cc4)cnc3N)o2)cc1.CNCc1ccc(-c2nnc(-c3nc(-c4ccc(S(=O)(=O)C(C)C)cc4)cnc3C)o2)s1.Cc1ncc(-c2ccc(S(=O)(=O)C(C)C)cc2)nc1-c1nnc(N2CCC(CN)CC2)o1.[HH].[HH].[HH].[HH].[HH]. The molecule has 0 unspecified atom stereocenters. The van der Waals surface area contributed by atoms with Gasteiger partial charge in [-0.2, -0.15) is 0 Å². The highest BCUT2D eigenvalue weighted by Crippen LogP contribution is 2.35. The van der Waals surface area contributed by atoms with Crippen LogP contribution in [0.25, 0.3) is 90.7 Å². The van der Waals surface area contributed by atoms with E-state index in [1.54, 1.807) is 150 Å². The van der Waals surface area contributed by atoms with Crippen molar-refractivity contribution in [1.29, 1.82) is 0 Å². The van der Waals surface area contributed by atoms with Gasteiger partial charge >= 0.3 is 6.01 Å². The molecule has 1 aliphatic rings. The van der Waals surface area contributed by atoms with Crippen molar-refractivity contribution in [3.63, 3.8) is 0 Å². The van der Waals surface area contributed by atoms with Crippen LogP contribution in [-0.4, -0.2) is 164 Å². The van der Waals surface area contributed by atoms with E-state index in [2.05, 4.69) is 70.7 Å². The number of nitrogens with one attached hydrogen (secondary N) is 1. The van der Waals surface area contributed by atoms with Gasteiger partial charge in [0.1, 0.15) is 11.4 Å². The second-order valence-electron chi connectivity index (χ2n) is 25.4. The molecule has 7 aromatic heterocycles. The summed E-state index contributed by atoms with van der Waals surface area (Å²) in [6.45, 7) is 18.3. The number of benzene rings is 4. The molecule has 1 fully saturated rings. The standard InChI is InChI=1S/C27H32N6O5S.C22H28N6O3S.C22H23N5O3S2.5H2/c1-5-27(15-34,16-35)33(4)20-10-6-19(7-11-20)25-31-32-26(38-25)23-24(28)29-14-22(30-23)18-8-12-21(13-9-18)39(36,37)17(2)3;1-14(2)32(29,30)18-6-4-17(5-7-18)19-13-24-15(3)20(25-19)21-26-27-22(31-21)28-10-8-16(12-23)9-11-28;1-13(2)32(28,29)17-8-5-15(6-9-17)18-12-24-14(3)20(25-18)22-27-26-21(30-22)19-10-7-16(31-19)11-23-4;;;;;/h6-14,17,34-35H,5,15-16H2,1-4H3,(H2,28,29);4-7,13-14,16H,8-12,23H2,1-3H3;5-10,12-13,23H,11H2,1-4H3;5*1H. The Morgan fingerprint density at radius 3 is 1.43 bits per heavy atom. The van der Waals surface area contributed by atoms with Gasteiger partial charge in [0.25, 0.3) is 23.6 Å². The van der Waals surface area contributed by atoms with Gasteiger partial charge in [-0.05, 0) is 167 Å². The molecule has 0 radical (unpaired) electrons. The average Bonchev–Trinajstić information content (AvgIpc) is 1.71. The molecule has 32 heteroatoms. The van der Waals surface area contributed by atoms with Gasteiger partial charge in [0.2, 0.25) is 5.89 Å². The minimum absolute atomic E-state index is 0. The first-order valence-corrected chi connectivity index (χ1v) is 38.7. The molecule has 7 N–H and O–H groups in total. The number of nitrogens with zero attached hydrogens (tertiary/aromatic N) is 14. The number of aliphatic hydroxyl groups is 2. The van der Waals surface area contributed by atoms with E-state index in [0.29, 0.717) is 87.7 Å². The molecule has 103 heavy (non-hydrogen) atoms. The molecule has 0 bridgehead atoms. The third kappa shape index (κ3) is 16.9. The van der Waals surface area contributed by atoms with Crippen LogP contribution in [0, 0.1) is 19.8 Å². The zero-order valence-electron chi connectivity index (χ0n) is 58.9. The fraction of sp³-hybridized carbons (Fsp3) is 0.352. The second-order valence-corrected chi connectivity index (χ2v) is 34.1. The summed E-state index contributed by atoms with van der Waals surface area (Å²) < 4.78 is 92.0. The van der Waals surface area contributed by atoms with Crippen molar-refractivity contribution >= 4 is 58.4 Å². The molecule has 552 valence electrons. The molecule has 28 nitrogen and oxygen atoms in total. The van der Waals surface area contributed by atoms with Crippen molar-refractivity contribution in [3.05, 3.63) is 144 Å². The maximum atomic E-state index is 12.4. The van der Waals surface area contributed by atoms with Crippen molar-refractivity contribution in [2.75, 3.05) is 62.5 Å². The van der Waals surface area contributed by atoms with Crippen LogP contribution in [0.2, 0.25) is 0 Å². The highest BCUT2D eigenvalue weighted by atomic mass is 32.2. The topological polar surface area (TPSA) is 408 Å². The summed E-state index contributed by atoms with van der Waals surface area (Å²) in [6.07, 6.45) is 7.36. The van der Waals surface area contributed by atoms with E-state index in [1.165, 1.54) is 11.1 Å². The van der Waals surface area contributed by atoms with E-state index in [0.717, 1.165) is 54.2 Å². The zero-order chi connectivity index (χ0) is 74.1. The van der Waals surface area contributed by atoms with Crippen LogP contribution in [-0.2, 0) is 36.1 Å². The molecular formula is C71H93N17O11S4. The number of aryl methyl sites for hydroxylation is 2. The summed E-state index contributed by atoms with van der Waals surface area (Å²) in [4.78, 5) is 33.8. The Bertz CT molecular complexity index is 5080. The summed E-state index contributed by atoms with van der Waals surface area (Å²) in [5.74, 6) is 2.01. The number of nitrogen functional groups attached to an aromatic ring is 1. The van der Waals surface area contributed by atoms with Crippen LogP contribution in [0.5, 0.6) is 0 Å². The number of rotatable bonds is 23. The van der Waals surface area contributed by atoms with Gasteiger partial charge in [-0.3, -0.25) is 9.97 Å². The Morgan fingerprint density at radius 1 is 0.573 bits per heavy atom. The van der Waals surface area contributed by atoms with E-state index >= 15 is 0 Å². The van der Waals surface area contributed by atoms with Crippen molar-refractivity contribution in [2.24, 2.45) is 11.7 Å². The van der Waals surface area contributed by atoms with Gasteiger partial charge in [-0.25, -0.2) is 45.2 Å². The number of hydrogen-bond acceptors (Lipinski definition) is 29. The monoisotopic (exact) mass is 1490 g/mol. The highest BCUT2D eigenvalue weighted by molar-refractivity contribution is 7.92. The Hall–Kier alpha value is -9.67. The number of aromatic nitrogens is 12. The fourth-order valence-electron chi connectivity index (χ4n) is 10.8. The lowest BCUT2D eigenvalue weighted by molar-refractivity contribution is 0.114.